The van der Waals surface area contributed by atoms with Crippen LogP contribution in [0.15, 0.2) is 18.2 Å². The average molecular weight is 250 g/mol. The third-order valence-corrected chi connectivity index (χ3v) is 2.52. The SMILES string of the molecule is COC(=O)CN(C(=O)c1cccc(C)n1)C(C)C. The van der Waals surface area contributed by atoms with Gasteiger partial charge < -0.3 is 9.64 Å². The van der Waals surface area contributed by atoms with E-state index in [1.165, 1.54) is 12.0 Å². The van der Waals surface area contributed by atoms with E-state index < -0.39 is 5.97 Å². The van der Waals surface area contributed by atoms with Crippen molar-refractivity contribution < 1.29 is 14.3 Å². The van der Waals surface area contributed by atoms with Gasteiger partial charge in [0.2, 0.25) is 0 Å². The summed E-state index contributed by atoms with van der Waals surface area (Å²) in [6, 6.07) is 5.13. The molecule has 1 aromatic heterocycles. The summed E-state index contributed by atoms with van der Waals surface area (Å²) in [7, 11) is 1.30. The molecule has 0 saturated carbocycles. The topological polar surface area (TPSA) is 59.5 Å². The first-order valence-corrected chi connectivity index (χ1v) is 5.77. The fraction of sp³-hybridized carbons (Fsp3) is 0.462. The van der Waals surface area contributed by atoms with Gasteiger partial charge in [0, 0.05) is 11.7 Å². The van der Waals surface area contributed by atoms with Crippen molar-refractivity contribution in [2.75, 3.05) is 13.7 Å². The summed E-state index contributed by atoms with van der Waals surface area (Å²) in [5, 5.41) is 0. The van der Waals surface area contributed by atoms with Gasteiger partial charge in [-0.3, -0.25) is 9.59 Å². The molecule has 1 amide bonds. The fourth-order valence-corrected chi connectivity index (χ4v) is 1.50. The minimum atomic E-state index is -0.440. The van der Waals surface area contributed by atoms with Crippen molar-refractivity contribution in [2.24, 2.45) is 0 Å². The Morgan fingerprint density at radius 1 is 1.39 bits per heavy atom. The molecule has 98 valence electrons. The van der Waals surface area contributed by atoms with Crippen LogP contribution < -0.4 is 0 Å². The largest absolute Gasteiger partial charge is 0.468 e. The third-order valence-electron chi connectivity index (χ3n) is 2.52. The van der Waals surface area contributed by atoms with Gasteiger partial charge in [-0.1, -0.05) is 6.07 Å². The average Bonchev–Trinajstić information content (AvgIpc) is 2.34. The van der Waals surface area contributed by atoms with Crippen LogP contribution in [0.25, 0.3) is 0 Å². The third kappa shape index (κ3) is 3.55. The van der Waals surface area contributed by atoms with Crippen molar-refractivity contribution in [1.29, 1.82) is 0 Å². The first kappa shape index (κ1) is 14.2. The number of rotatable bonds is 4. The lowest BCUT2D eigenvalue weighted by Crippen LogP contribution is -2.41. The number of aryl methyl sites for hydroxylation is 1. The molecule has 0 aromatic carbocycles. The number of methoxy groups -OCH3 is 1. The Morgan fingerprint density at radius 2 is 2.06 bits per heavy atom. The summed E-state index contributed by atoms with van der Waals surface area (Å²) in [5.74, 6) is -0.705. The van der Waals surface area contributed by atoms with Crippen LogP contribution in [0, 0.1) is 6.92 Å². The minimum absolute atomic E-state index is 0.0668. The van der Waals surface area contributed by atoms with Crippen LogP contribution in [-0.4, -0.2) is 41.5 Å². The zero-order chi connectivity index (χ0) is 13.7. The molecule has 0 fully saturated rings. The van der Waals surface area contributed by atoms with E-state index in [9.17, 15) is 9.59 Å². The highest BCUT2D eigenvalue weighted by Gasteiger charge is 2.22. The van der Waals surface area contributed by atoms with E-state index >= 15 is 0 Å². The Bertz CT molecular complexity index is 444. The number of esters is 1. The number of carbonyl (C=O) groups excluding carboxylic acids is 2. The predicted molar refractivity (Wildman–Crippen MR) is 67.2 cm³/mol. The quantitative estimate of drug-likeness (QED) is 0.758. The van der Waals surface area contributed by atoms with E-state index in [4.69, 9.17) is 0 Å². The monoisotopic (exact) mass is 250 g/mol. The molecule has 5 heteroatoms. The van der Waals surface area contributed by atoms with Gasteiger partial charge in [-0.15, -0.1) is 0 Å². The van der Waals surface area contributed by atoms with Crippen molar-refractivity contribution in [2.45, 2.75) is 26.8 Å². The molecule has 0 bridgehead atoms. The Balaban J connectivity index is 2.93. The summed E-state index contributed by atoms with van der Waals surface area (Å²) >= 11 is 0. The maximum absolute atomic E-state index is 12.2. The molecule has 0 unspecified atom stereocenters. The van der Waals surface area contributed by atoms with Crippen molar-refractivity contribution in [3.05, 3.63) is 29.6 Å². The maximum Gasteiger partial charge on any atom is 0.325 e. The molecule has 0 aliphatic rings. The molecule has 0 spiro atoms. The van der Waals surface area contributed by atoms with Gasteiger partial charge in [0.25, 0.3) is 5.91 Å². The van der Waals surface area contributed by atoms with Gasteiger partial charge in [-0.05, 0) is 32.9 Å². The van der Waals surface area contributed by atoms with E-state index in [-0.39, 0.29) is 18.5 Å². The number of nitrogens with zero attached hydrogens (tertiary/aromatic N) is 2. The van der Waals surface area contributed by atoms with E-state index in [2.05, 4.69) is 9.72 Å². The number of carbonyl (C=O) groups is 2. The van der Waals surface area contributed by atoms with Crippen molar-refractivity contribution in [3.63, 3.8) is 0 Å². The molecule has 1 aromatic rings. The van der Waals surface area contributed by atoms with Crippen molar-refractivity contribution in [3.8, 4) is 0 Å². The van der Waals surface area contributed by atoms with Gasteiger partial charge in [-0.2, -0.15) is 0 Å². The number of hydrogen-bond acceptors (Lipinski definition) is 4. The lowest BCUT2D eigenvalue weighted by molar-refractivity contribution is -0.141. The predicted octanol–water partition coefficient (Wildman–Crippen LogP) is 1.41. The molecular formula is C13H18N2O3. The van der Waals surface area contributed by atoms with Crippen LogP contribution in [-0.2, 0) is 9.53 Å². The summed E-state index contributed by atoms with van der Waals surface area (Å²) < 4.78 is 4.59. The molecule has 18 heavy (non-hydrogen) atoms. The molecule has 0 N–H and O–H groups in total. The molecule has 0 atom stereocenters. The van der Waals surface area contributed by atoms with Crippen molar-refractivity contribution >= 4 is 11.9 Å². The van der Waals surface area contributed by atoms with E-state index in [1.54, 1.807) is 12.1 Å². The minimum Gasteiger partial charge on any atom is -0.468 e. The number of amides is 1. The molecule has 1 rings (SSSR count). The summed E-state index contributed by atoms with van der Waals surface area (Å²) in [6.07, 6.45) is 0. The Labute approximate surface area is 107 Å². The first-order valence-electron chi connectivity index (χ1n) is 5.77. The van der Waals surface area contributed by atoms with Crippen molar-refractivity contribution in [1.82, 2.24) is 9.88 Å². The number of hydrogen-bond donors (Lipinski definition) is 0. The zero-order valence-electron chi connectivity index (χ0n) is 11.1. The van der Waals surface area contributed by atoms with Crippen LogP contribution >= 0.6 is 0 Å². The summed E-state index contributed by atoms with van der Waals surface area (Å²) in [6.45, 7) is 5.44. The smallest absolute Gasteiger partial charge is 0.325 e. The van der Waals surface area contributed by atoms with Crippen LogP contribution in [0.2, 0.25) is 0 Å². The van der Waals surface area contributed by atoms with E-state index in [0.717, 1.165) is 5.69 Å². The normalized spacial score (nSPS) is 10.3. The van der Waals surface area contributed by atoms with Crippen LogP contribution in [0.3, 0.4) is 0 Å². The van der Waals surface area contributed by atoms with Crippen LogP contribution in [0.4, 0.5) is 0 Å². The van der Waals surface area contributed by atoms with E-state index in [1.807, 2.05) is 26.8 Å². The van der Waals surface area contributed by atoms with Gasteiger partial charge >= 0.3 is 5.97 Å². The molecule has 0 aliphatic heterocycles. The molecule has 5 nitrogen and oxygen atoms in total. The highest BCUT2D eigenvalue weighted by atomic mass is 16.5. The number of ether oxygens (including phenoxy) is 1. The Morgan fingerprint density at radius 3 is 2.56 bits per heavy atom. The lowest BCUT2D eigenvalue weighted by atomic mass is 10.2. The standard InChI is InChI=1S/C13H18N2O3/c1-9(2)15(8-12(16)18-4)13(17)11-7-5-6-10(3)14-11/h5-7,9H,8H2,1-4H3. The lowest BCUT2D eigenvalue weighted by Gasteiger charge is -2.25. The highest BCUT2D eigenvalue weighted by Crippen LogP contribution is 2.07. The number of pyridine rings is 1. The second kappa shape index (κ2) is 6.14. The molecule has 1 heterocycles. The number of aromatic nitrogens is 1. The second-order valence-electron chi connectivity index (χ2n) is 4.27. The summed E-state index contributed by atoms with van der Waals surface area (Å²) in [5.41, 5.74) is 1.11. The fourth-order valence-electron chi connectivity index (χ4n) is 1.50. The molecule has 0 radical (unpaired) electrons. The summed E-state index contributed by atoms with van der Waals surface area (Å²) in [4.78, 5) is 29.1. The van der Waals surface area contributed by atoms with E-state index in [0.29, 0.717) is 5.69 Å². The molecule has 0 saturated heterocycles. The van der Waals surface area contributed by atoms with Gasteiger partial charge in [0.05, 0.1) is 7.11 Å². The highest BCUT2D eigenvalue weighted by molar-refractivity contribution is 5.94. The van der Waals surface area contributed by atoms with Crippen LogP contribution in [0.1, 0.15) is 30.0 Å². The van der Waals surface area contributed by atoms with Gasteiger partial charge in [-0.25, -0.2) is 4.98 Å². The molecule has 0 aliphatic carbocycles. The van der Waals surface area contributed by atoms with Gasteiger partial charge in [0.15, 0.2) is 0 Å². The Kier molecular flexibility index (Phi) is 4.83. The zero-order valence-corrected chi connectivity index (χ0v) is 11.1. The van der Waals surface area contributed by atoms with Crippen LogP contribution in [0.5, 0.6) is 0 Å². The maximum atomic E-state index is 12.2. The first-order chi connectivity index (χ1) is 8.45. The Hall–Kier alpha value is -1.91. The second-order valence-corrected chi connectivity index (χ2v) is 4.27. The molecular weight excluding hydrogens is 232 g/mol. The van der Waals surface area contributed by atoms with Gasteiger partial charge in [0.1, 0.15) is 12.2 Å².